The second kappa shape index (κ2) is 6.99. The third-order valence-corrected chi connectivity index (χ3v) is 5.72. The molecule has 1 atom stereocenters. The molecule has 6 heteroatoms. The number of hydrogen-bond donors (Lipinski definition) is 1. The van der Waals surface area contributed by atoms with Crippen molar-refractivity contribution in [2.45, 2.75) is 32.4 Å². The van der Waals surface area contributed by atoms with Crippen LogP contribution in [0.5, 0.6) is 0 Å². The first-order valence-electron chi connectivity index (χ1n) is 7.71. The zero-order valence-corrected chi connectivity index (χ0v) is 14.9. The number of benzene rings is 1. The van der Waals surface area contributed by atoms with Crippen molar-refractivity contribution < 1.29 is 4.79 Å². The fourth-order valence-electron chi connectivity index (χ4n) is 2.90. The molecule has 0 saturated carbocycles. The standard InChI is InChI=1S/C17H20ClN3OS/c1-11-16(18)23-15(20-11)7-8-19-17(22)14-9-12-5-3-4-6-13(12)10-21(14)2/h3-6,14H,7-10H2,1-2H3,(H,19,22)/t14-/m1/s1. The van der Waals surface area contributed by atoms with Crippen molar-refractivity contribution in [2.24, 2.45) is 0 Å². The van der Waals surface area contributed by atoms with Crippen molar-refractivity contribution in [3.05, 3.63) is 50.4 Å². The van der Waals surface area contributed by atoms with Gasteiger partial charge in [0.05, 0.1) is 16.7 Å². The predicted molar refractivity (Wildman–Crippen MR) is 94.0 cm³/mol. The molecule has 0 spiro atoms. The molecule has 1 aliphatic heterocycles. The van der Waals surface area contributed by atoms with E-state index in [0.717, 1.165) is 34.4 Å². The van der Waals surface area contributed by atoms with Crippen LogP contribution < -0.4 is 5.32 Å². The average molecular weight is 350 g/mol. The van der Waals surface area contributed by atoms with Crippen molar-refractivity contribution in [2.75, 3.05) is 13.6 Å². The summed E-state index contributed by atoms with van der Waals surface area (Å²) < 4.78 is 0.731. The van der Waals surface area contributed by atoms with E-state index in [0.29, 0.717) is 6.54 Å². The van der Waals surface area contributed by atoms with Crippen molar-refractivity contribution in [1.82, 2.24) is 15.2 Å². The molecule has 0 radical (unpaired) electrons. The Kier molecular flexibility index (Phi) is 4.99. The molecular formula is C17H20ClN3OS. The van der Waals surface area contributed by atoms with Gasteiger partial charge in [0.2, 0.25) is 5.91 Å². The summed E-state index contributed by atoms with van der Waals surface area (Å²) in [7, 11) is 2.00. The van der Waals surface area contributed by atoms with E-state index in [9.17, 15) is 4.79 Å². The Bertz CT molecular complexity index is 696. The van der Waals surface area contributed by atoms with Gasteiger partial charge in [0.25, 0.3) is 0 Å². The van der Waals surface area contributed by atoms with Crippen LogP contribution in [0.25, 0.3) is 0 Å². The minimum Gasteiger partial charge on any atom is -0.354 e. The lowest BCUT2D eigenvalue weighted by Gasteiger charge is -2.33. The smallest absolute Gasteiger partial charge is 0.237 e. The number of thiazole rings is 1. The normalized spacial score (nSPS) is 17.8. The number of aryl methyl sites for hydroxylation is 1. The van der Waals surface area contributed by atoms with E-state index in [1.54, 1.807) is 0 Å². The fourth-order valence-corrected chi connectivity index (χ4v) is 3.99. The predicted octanol–water partition coefficient (Wildman–Crippen LogP) is 2.82. The maximum Gasteiger partial charge on any atom is 0.237 e. The van der Waals surface area contributed by atoms with Gasteiger partial charge in [-0.1, -0.05) is 35.9 Å². The van der Waals surface area contributed by atoms with Gasteiger partial charge >= 0.3 is 0 Å². The van der Waals surface area contributed by atoms with Crippen LogP contribution in [0.3, 0.4) is 0 Å². The molecular weight excluding hydrogens is 330 g/mol. The number of carbonyl (C=O) groups is 1. The number of fused-ring (bicyclic) bond motifs is 1. The summed E-state index contributed by atoms with van der Waals surface area (Å²) in [6.07, 6.45) is 1.48. The summed E-state index contributed by atoms with van der Waals surface area (Å²) in [5.41, 5.74) is 3.45. The summed E-state index contributed by atoms with van der Waals surface area (Å²) >= 11 is 7.51. The number of nitrogens with one attached hydrogen (secondary N) is 1. The highest BCUT2D eigenvalue weighted by atomic mass is 35.5. The van der Waals surface area contributed by atoms with Gasteiger partial charge in [-0.25, -0.2) is 4.98 Å². The van der Waals surface area contributed by atoms with E-state index in [4.69, 9.17) is 11.6 Å². The maximum atomic E-state index is 12.5. The van der Waals surface area contributed by atoms with Crippen molar-refractivity contribution in [3.8, 4) is 0 Å². The van der Waals surface area contributed by atoms with Crippen LogP contribution in [0.4, 0.5) is 0 Å². The highest BCUT2D eigenvalue weighted by molar-refractivity contribution is 7.16. The van der Waals surface area contributed by atoms with Gasteiger partial charge in [0, 0.05) is 19.5 Å². The van der Waals surface area contributed by atoms with Crippen molar-refractivity contribution in [3.63, 3.8) is 0 Å². The molecule has 0 aliphatic carbocycles. The van der Waals surface area contributed by atoms with E-state index >= 15 is 0 Å². The minimum atomic E-state index is -0.105. The quantitative estimate of drug-likeness (QED) is 0.923. The van der Waals surface area contributed by atoms with Crippen LogP contribution in [0, 0.1) is 6.92 Å². The van der Waals surface area contributed by atoms with Gasteiger partial charge in [-0.2, -0.15) is 0 Å². The molecule has 1 aromatic carbocycles. The molecule has 2 heterocycles. The number of amides is 1. The molecule has 1 aliphatic rings. The van der Waals surface area contributed by atoms with Gasteiger partial charge in [0.15, 0.2) is 0 Å². The van der Waals surface area contributed by atoms with Crippen molar-refractivity contribution >= 4 is 28.8 Å². The summed E-state index contributed by atoms with van der Waals surface area (Å²) in [4.78, 5) is 19.0. The summed E-state index contributed by atoms with van der Waals surface area (Å²) in [6, 6.07) is 8.23. The molecule has 4 nitrogen and oxygen atoms in total. The number of likely N-dealkylation sites (N-methyl/N-ethyl adjacent to an activating group) is 1. The van der Waals surface area contributed by atoms with Gasteiger partial charge in [-0.05, 0) is 31.5 Å². The lowest BCUT2D eigenvalue weighted by atomic mass is 9.94. The molecule has 1 amide bonds. The second-order valence-electron chi connectivity index (χ2n) is 5.91. The van der Waals surface area contributed by atoms with E-state index in [1.165, 1.54) is 22.5 Å². The third kappa shape index (κ3) is 3.74. The number of halogens is 1. The summed E-state index contributed by atoms with van der Waals surface area (Å²) in [5, 5.41) is 4.00. The van der Waals surface area contributed by atoms with E-state index in [1.807, 2.05) is 26.1 Å². The van der Waals surface area contributed by atoms with Crippen LogP contribution >= 0.6 is 22.9 Å². The van der Waals surface area contributed by atoms with E-state index in [2.05, 4.69) is 27.3 Å². The Morgan fingerprint density at radius 3 is 2.87 bits per heavy atom. The number of aromatic nitrogens is 1. The number of nitrogens with zero attached hydrogens (tertiary/aromatic N) is 2. The van der Waals surface area contributed by atoms with Crippen LogP contribution in [-0.4, -0.2) is 35.4 Å². The van der Waals surface area contributed by atoms with E-state index < -0.39 is 0 Å². The monoisotopic (exact) mass is 349 g/mol. The highest BCUT2D eigenvalue weighted by Crippen LogP contribution is 2.24. The topological polar surface area (TPSA) is 45.2 Å². The lowest BCUT2D eigenvalue weighted by molar-refractivity contribution is -0.126. The molecule has 23 heavy (non-hydrogen) atoms. The first kappa shape index (κ1) is 16.4. The Morgan fingerprint density at radius 1 is 1.43 bits per heavy atom. The Morgan fingerprint density at radius 2 is 2.17 bits per heavy atom. The lowest BCUT2D eigenvalue weighted by Crippen LogP contribution is -2.48. The average Bonchev–Trinajstić information content (AvgIpc) is 2.84. The van der Waals surface area contributed by atoms with Crippen molar-refractivity contribution in [1.29, 1.82) is 0 Å². The molecule has 0 bridgehead atoms. The largest absolute Gasteiger partial charge is 0.354 e. The Labute approximate surface area is 145 Å². The zero-order valence-electron chi connectivity index (χ0n) is 13.3. The van der Waals surface area contributed by atoms with Gasteiger partial charge in [0.1, 0.15) is 4.34 Å². The number of hydrogen-bond acceptors (Lipinski definition) is 4. The Hall–Kier alpha value is -1.43. The molecule has 0 saturated heterocycles. The van der Waals surface area contributed by atoms with Crippen LogP contribution in [-0.2, 0) is 24.2 Å². The SMILES string of the molecule is Cc1nc(CCNC(=O)[C@H]2Cc3ccccc3CN2C)sc1Cl. The van der Waals surface area contributed by atoms with Crippen LogP contribution in [0.2, 0.25) is 4.34 Å². The fraction of sp³-hybridized carbons (Fsp3) is 0.412. The van der Waals surface area contributed by atoms with Crippen LogP contribution in [0.15, 0.2) is 24.3 Å². The van der Waals surface area contributed by atoms with Gasteiger partial charge in [-0.3, -0.25) is 9.69 Å². The van der Waals surface area contributed by atoms with Gasteiger partial charge < -0.3 is 5.32 Å². The van der Waals surface area contributed by atoms with Gasteiger partial charge in [-0.15, -0.1) is 11.3 Å². The summed E-state index contributed by atoms with van der Waals surface area (Å²) in [5.74, 6) is 0.0846. The molecule has 1 aromatic heterocycles. The molecule has 2 aromatic rings. The Balaban J connectivity index is 1.56. The molecule has 0 fully saturated rings. The third-order valence-electron chi connectivity index (χ3n) is 4.21. The molecule has 3 rings (SSSR count). The molecule has 1 N–H and O–H groups in total. The summed E-state index contributed by atoms with van der Waals surface area (Å²) in [6.45, 7) is 3.30. The number of carbonyl (C=O) groups excluding carboxylic acids is 1. The minimum absolute atomic E-state index is 0.0846. The molecule has 0 unspecified atom stereocenters. The molecule has 122 valence electrons. The zero-order chi connectivity index (χ0) is 16.4. The first-order valence-corrected chi connectivity index (χ1v) is 8.90. The second-order valence-corrected chi connectivity index (χ2v) is 7.60. The van der Waals surface area contributed by atoms with E-state index in [-0.39, 0.29) is 11.9 Å². The number of rotatable bonds is 4. The highest BCUT2D eigenvalue weighted by Gasteiger charge is 2.28. The maximum absolute atomic E-state index is 12.5. The first-order chi connectivity index (χ1) is 11.0. The van der Waals surface area contributed by atoms with Crippen LogP contribution in [0.1, 0.15) is 21.8 Å².